The third kappa shape index (κ3) is 2.16. The van der Waals surface area contributed by atoms with Crippen molar-refractivity contribution in [2.45, 2.75) is 13.8 Å². The van der Waals surface area contributed by atoms with Crippen molar-refractivity contribution in [1.82, 2.24) is 0 Å². The molecule has 2 rings (SSSR count). The van der Waals surface area contributed by atoms with Crippen molar-refractivity contribution in [3.05, 3.63) is 51.0 Å². The van der Waals surface area contributed by atoms with E-state index in [0.29, 0.717) is 16.2 Å². The van der Waals surface area contributed by atoms with Gasteiger partial charge < -0.3 is 4.74 Å². The Balaban J connectivity index is 2.53. The van der Waals surface area contributed by atoms with Gasteiger partial charge in [0.15, 0.2) is 0 Å². The van der Waals surface area contributed by atoms with Crippen LogP contribution in [0.1, 0.15) is 26.4 Å². The molecule has 2 nitrogen and oxygen atoms in total. The fourth-order valence-corrected chi connectivity index (χ4v) is 2.74. The first kappa shape index (κ1) is 12.8. The van der Waals surface area contributed by atoms with Crippen LogP contribution in [-0.2, 0) is 0 Å². The molecule has 0 bridgehead atoms. The Morgan fingerprint density at radius 3 is 2.67 bits per heavy atom. The van der Waals surface area contributed by atoms with Crippen LogP contribution in [0.5, 0.6) is 5.75 Å². The second kappa shape index (κ2) is 4.90. The smallest absolute Gasteiger partial charge is 0.209 e. The summed E-state index contributed by atoms with van der Waals surface area (Å²) in [5, 5.41) is 1.76. The molecule has 0 amide bonds. The van der Waals surface area contributed by atoms with Crippen LogP contribution >= 0.6 is 11.3 Å². The topological polar surface area (TPSA) is 26.3 Å². The largest absolute Gasteiger partial charge is 0.495 e. The van der Waals surface area contributed by atoms with Crippen LogP contribution in [0.4, 0.5) is 4.39 Å². The Labute approximate surface area is 109 Å². The molecule has 0 unspecified atom stereocenters. The zero-order valence-electron chi connectivity index (χ0n) is 10.4. The van der Waals surface area contributed by atoms with Gasteiger partial charge in [-0.3, -0.25) is 4.79 Å². The first-order valence-corrected chi connectivity index (χ1v) is 6.35. The average molecular weight is 264 g/mol. The molecule has 0 spiro atoms. The lowest BCUT2D eigenvalue weighted by atomic mass is 10.0. The maximum atomic E-state index is 13.9. The molecule has 1 aromatic heterocycles. The van der Waals surface area contributed by atoms with Crippen molar-refractivity contribution in [3.8, 4) is 5.75 Å². The van der Waals surface area contributed by atoms with E-state index in [1.165, 1.54) is 24.5 Å². The highest BCUT2D eigenvalue weighted by Gasteiger charge is 2.21. The van der Waals surface area contributed by atoms with Crippen molar-refractivity contribution in [1.29, 1.82) is 0 Å². The average Bonchev–Trinajstić information content (AvgIpc) is 2.75. The molecule has 4 heteroatoms. The van der Waals surface area contributed by atoms with Crippen LogP contribution in [0.2, 0.25) is 0 Å². The van der Waals surface area contributed by atoms with Gasteiger partial charge in [-0.05, 0) is 42.5 Å². The van der Waals surface area contributed by atoms with Crippen LogP contribution in [0.15, 0.2) is 23.6 Å². The lowest BCUT2D eigenvalue weighted by Crippen LogP contribution is -2.07. The zero-order valence-corrected chi connectivity index (χ0v) is 11.2. The third-order valence-electron chi connectivity index (χ3n) is 2.71. The normalized spacial score (nSPS) is 10.4. The van der Waals surface area contributed by atoms with Gasteiger partial charge in [-0.2, -0.15) is 0 Å². The van der Waals surface area contributed by atoms with E-state index in [2.05, 4.69) is 0 Å². The minimum absolute atomic E-state index is 0.126. The summed E-state index contributed by atoms with van der Waals surface area (Å²) < 4.78 is 19.0. The molecule has 0 N–H and O–H groups in total. The number of carbonyl (C=O) groups excluding carboxylic acids is 1. The van der Waals surface area contributed by atoms with E-state index in [1.54, 1.807) is 31.4 Å². The van der Waals surface area contributed by atoms with E-state index in [-0.39, 0.29) is 11.3 Å². The number of aryl methyl sites for hydroxylation is 2. The number of ketones is 1. The minimum atomic E-state index is -0.479. The third-order valence-corrected chi connectivity index (χ3v) is 3.61. The molecule has 2 aromatic rings. The molecule has 0 atom stereocenters. The van der Waals surface area contributed by atoms with E-state index in [4.69, 9.17) is 4.74 Å². The van der Waals surface area contributed by atoms with Crippen LogP contribution < -0.4 is 4.74 Å². The first-order chi connectivity index (χ1) is 8.54. The van der Waals surface area contributed by atoms with Crippen molar-refractivity contribution >= 4 is 17.1 Å². The lowest BCUT2D eigenvalue weighted by molar-refractivity contribution is 0.103. The molecule has 0 aliphatic heterocycles. The lowest BCUT2D eigenvalue weighted by Gasteiger charge is -2.08. The minimum Gasteiger partial charge on any atom is -0.495 e. The number of rotatable bonds is 3. The van der Waals surface area contributed by atoms with Crippen LogP contribution in [0.25, 0.3) is 0 Å². The molecule has 0 saturated carbocycles. The van der Waals surface area contributed by atoms with Crippen molar-refractivity contribution in [2.75, 3.05) is 7.11 Å². The summed E-state index contributed by atoms with van der Waals surface area (Å²) in [6, 6.07) is 4.88. The van der Waals surface area contributed by atoms with Crippen molar-refractivity contribution in [2.24, 2.45) is 0 Å². The molecule has 1 aromatic carbocycles. The predicted molar refractivity (Wildman–Crippen MR) is 70.2 cm³/mol. The van der Waals surface area contributed by atoms with Gasteiger partial charge in [-0.1, -0.05) is 6.07 Å². The van der Waals surface area contributed by atoms with Crippen LogP contribution in [0, 0.1) is 19.7 Å². The highest BCUT2D eigenvalue weighted by atomic mass is 32.1. The quantitative estimate of drug-likeness (QED) is 0.789. The number of hydrogen-bond acceptors (Lipinski definition) is 3. The number of halogens is 1. The molecule has 0 saturated heterocycles. The van der Waals surface area contributed by atoms with Gasteiger partial charge in [0.1, 0.15) is 16.4 Å². The highest BCUT2D eigenvalue weighted by Crippen LogP contribution is 2.29. The summed E-state index contributed by atoms with van der Waals surface area (Å²) in [5.41, 5.74) is 1.58. The summed E-state index contributed by atoms with van der Waals surface area (Å²) in [6.07, 6.45) is 0. The second-order valence-corrected chi connectivity index (χ2v) is 5.00. The fraction of sp³-hybridized carbons (Fsp3) is 0.214. The summed E-state index contributed by atoms with van der Waals surface area (Å²) in [5.74, 6) is -0.311. The first-order valence-electron chi connectivity index (χ1n) is 5.47. The maximum Gasteiger partial charge on any atom is 0.209 e. The molecule has 0 radical (unpaired) electrons. The van der Waals surface area contributed by atoms with E-state index >= 15 is 0 Å². The summed E-state index contributed by atoms with van der Waals surface area (Å²) in [6.45, 7) is 3.54. The summed E-state index contributed by atoms with van der Waals surface area (Å²) in [7, 11) is 1.50. The number of hydrogen-bond donors (Lipinski definition) is 0. The number of methoxy groups -OCH3 is 1. The van der Waals surface area contributed by atoms with Gasteiger partial charge in [0.2, 0.25) is 5.78 Å². The van der Waals surface area contributed by atoms with E-state index in [1.807, 2.05) is 0 Å². The van der Waals surface area contributed by atoms with Crippen molar-refractivity contribution < 1.29 is 13.9 Å². The number of thiophene rings is 1. The Kier molecular flexibility index (Phi) is 3.48. The number of carbonyl (C=O) groups is 1. The summed E-state index contributed by atoms with van der Waals surface area (Å²) in [4.78, 5) is 12.8. The van der Waals surface area contributed by atoms with Crippen LogP contribution in [-0.4, -0.2) is 12.9 Å². The maximum absolute atomic E-state index is 13.9. The molecule has 0 fully saturated rings. The van der Waals surface area contributed by atoms with Crippen LogP contribution in [0.3, 0.4) is 0 Å². The monoisotopic (exact) mass is 264 g/mol. The van der Waals surface area contributed by atoms with E-state index in [0.717, 1.165) is 5.56 Å². The Morgan fingerprint density at radius 1 is 1.33 bits per heavy atom. The molecular weight excluding hydrogens is 251 g/mol. The van der Waals surface area contributed by atoms with Gasteiger partial charge in [0.25, 0.3) is 0 Å². The molecule has 0 aliphatic carbocycles. The van der Waals surface area contributed by atoms with E-state index < -0.39 is 5.82 Å². The Morgan fingerprint density at radius 2 is 2.06 bits per heavy atom. The standard InChI is InChI=1S/C14H13FO2S/c1-8-6-9(2)12(10(15)7-8)13(16)14-11(17-3)4-5-18-14/h4-7H,1-3H3. The van der Waals surface area contributed by atoms with Gasteiger partial charge in [-0.15, -0.1) is 11.3 Å². The second-order valence-electron chi connectivity index (χ2n) is 4.09. The van der Waals surface area contributed by atoms with Gasteiger partial charge >= 0.3 is 0 Å². The SMILES string of the molecule is COc1ccsc1C(=O)c1c(C)cc(C)cc1F. The molecule has 0 aliphatic rings. The number of benzene rings is 1. The Bertz CT molecular complexity index is 579. The van der Waals surface area contributed by atoms with Gasteiger partial charge in [0, 0.05) is 0 Å². The summed E-state index contributed by atoms with van der Waals surface area (Å²) >= 11 is 1.26. The molecule has 18 heavy (non-hydrogen) atoms. The Hall–Kier alpha value is -1.68. The molecular formula is C14H13FO2S. The predicted octanol–water partition coefficient (Wildman–Crippen LogP) is 3.74. The highest BCUT2D eigenvalue weighted by molar-refractivity contribution is 7.12. The molecule has 94 valence electrons. The van der Waals surface area contributed by atoms with Crippen molar-refractivity contribution in [3.63, 3.8) is 0 Å². The van der Waals surface area contributed by atoms with E-state index in [9.17, 15) is 9.18 Å². The fourth-order valence-electron chi connectivity index (χ4n) is 1.94. The zero-order chi connectivity index (χ0) is 13.3. The molecule has 1 heterocycles. The van der Waals surface area contributed by atoms with Gasteiger partial charge in [0.05, 0.1) is 12.7 Å². The number of ether oxygens (including phenoxy) is 1. The van der Waals surface area contributed by atoms with Gasteiger partial charge in [-0.25, -0.2) is 4.39 Å².